The van der Waals surface area contributed by atoms with Gasteiger partial charge in [-0.15, -0.1) is 0 Å². The third-order valence-electron chi connectivity index (χ3n) is 5.10. The molecular formula is C16H28N2O3. The molecule has 5 heteroatoms. The lowest BCUT2D eigenvalue weighted by atomic mass is 9.99. The molecular weight excluding hydrogens is 268 g/mol. The molecule has 21 heavy (non-hydrogen) atoms. The van der Waals surface area contributed by atoms with Gasteiger partial charge in [0.05, 0.1) is 0 Å². The van der Waals surface area contributed by atoms with Gasteiger partial charge in [-0.25, -0.2) is 0 Å². The molecule has 0 aliphatic carbocycles. The molecule has 3 aliphatic heterocycles. The van der Waals surface area contributed by atoms with Gasteiger partial charge in [0.2, 0.25) is 5.91 Å². The molecule has 3 heterocycles. The van der Waals surface area contributed by atoms with Crippen LogP contribution in [-0.4, -0.2) is 62.4 Å². The second kappa shape index (κ2) is 7.56. The van der Waals surface area contributed by atoms with Crippen molar-refractivity contribution in [2.24, 2.45) is 5.92 Å². The van der Waals surface area contributed by atoms with E-state index in [1.54, 1.807) is 0 Å². The number of likely N-dealkylation sites (tertiary alicyclic amines) is 1. The summed E-state index contributed by atoms with van der Waals surface area (Å²) in [5.41, 5.74) is 0. The largest absolute Gasteiger partial charge is 0.381 e. The van der Waals surface area contributed by atoms with Gasteiger partial charge in [0.25, 0.3) is 0 Å². The average Bonchev–Trinajstić information content (AvgIpc) is 3.02. The number of nitrogens with zero attached hydrogens (tertiary/aromatic N) is 1. The first-order valence-corrected chi connectivity index (χ1v) is 8.50. The van der Waals surface area contributed by atoms with Crippen LogP contribution in [0, 0.1) is 5.92 Å². The van der Waals surface area contributed by atoms with Crippen LogP contribution in [0.1, 0.15) is 38.5 Å². The quantitative estimate of drug-likeness (QED) is 0.846. The highest BCUT2D eigenvalue weighted by molar-refractivity contribution is 5.76. The van der Waals surface area contributed by atoms with Crippen LogP contribution in [0.2, 0.25) is 0 Å². The van der Waals surface area contributed by atoms with Gasteiger partial charge < -0.3 is 19.7 Å². The first-order chi connectivity index (χ1) is 10.3. The average molecular weight is 296 g/mol. The summed E-state index contributed by atoms with van der Waals surface area (Å²) < 4.78 is 10.8. The Kier molecular flexibility index (Phi) is 5.49. The summed E-state index contributed by atoms with van der Waals surface area (Å²) in [5.74, 6) is 0.655. The lowest BCUT2D eigenvalue weighted by Gasteiger charge is -2.39. The SMILES string of the molecule is O=C(CC1CCOC1)NC1CCN(C2CCOCC2)CC1. The minimum Gasteiger partial charge on any atom is -0.381 e. The van der Waals surface area contributed by atoms with Gasteiger partial charge in [0, 0.05) is 58.0 Å². The first-order valence-electron chi connectivity index (χ1n) is 8.50. The Labute approximate surface area is 127 Å². The lowest BCUT2D eigenvalue weighted by molar-refractivity contribution is -0.123. The van der Waals surface area contributed by atoms with Crippen molar-refractivity contribution in [2.45, 2.75) is 50.6 Å². The van der Waals surface area contributed by atoms with Crippen molar-refractivity contribution in [3.05, 3.63) is 0 Å². The van der Waals surface area contributed by atoms with Crippen molar-refractivity contribution >= 4 is 5.91 Å². The van der Waals surface area contributed by atoms with Gasteiger partial charge in [0.15, 0.2) is 0 Å². The van der Waals surface area contributed by atoms with Crippen LogP contribution in [0.15, 0.2) is 0 Å². The molecule has 3 aliphatic rings. The zero-order valence-electron chi connectivity index (χ0n) is 12.9. The summed E-state index contributed by atoms with van der Waals surface area (Å²) >= 11 is 0. The van der Waals surface area contributed by atoms with Gasteiger partial charge in [-0.05, 0) is 38.0 Å². The molecule has 3 saturated heterocycles. The summed E-state index contributed by atoms with van der Waals surface area (Å²) in [6.45, 7) is 5.62. The lowest BCUT2D eigenvalue weighted by Crippen LogP contribution is -2.49. The Morgan fingerprint density at radius 1 is 1.00 bits per heavy atom. The molecule has 0 radical (unpaired) electrons. The number of ether oxygens (including phenoxy) is 2. The van der Waals surface area contributed by atoms with E-state index in [2.05, 4.69) is 10.2 Å². The molecule has 1 N–H and O–H groups in total. The van der Waals surface area contributed by atoms with Crippen LogP contribution < -0.4 is 5.32 Å². The molecule has 0 aromatic carbocycles. The minimum atomic E-state index is 0.218. The molecule has 0 spiro atoms. The van der Waals surface area contributed by atoms with E-state index in [-0.39, 0.29) is 5.91 Å². The van der Waals surface area contributed by atoms with E-state index in [9.17, 15) is 4.79 Å². The van der Waals surface area contributed by atoms with Crippen LogP contribution in [0.25, 0.3) is 0 Å². The number of carbonyl (C=O) groups is 1. The Hall–Kier alpha value is -0.650. The summed E-state index contributed by atoms with van der Waals surface area (Å²) in [4.78, 5) is 14.6. The monoisotopic (exact) mass is 296 g/mol. The molecule has 0 aromatic rings. The van der Waals surface area contributed by atoms with Crippen molar-refractivity contribution in [3.8, 4) is 0 Å². The van der Waals surface area contributed by atoms with Crippen molar-refractivity contribution in [1.29, 1.82) is 0 Å². The van der Waals surface area contributed by atoms with Gasteiger partial charge in [-0.2, -0.15) is 0 Å². The van der Waals surface area contributed by atoms with Gasteiger partial charge in [-0.3, -0.25) is 4.79 Å². The zero-order valence-corrected chi connectivity index (χ0v) is 12.9. The molecule has 1 amide bonds. The summed E-state index contributed by atoms with van der Waals surface area (Å²) in [5, 5.41) is 3.22. The van der Waals surface area contributed by atoms with Crippen molar-refractivity contribution in [1.82, 2.24) is 10.2 Å². The van der Waals surface area contributed by atoms with Crippen LogP contribution in [0.3, 0.4) is 0 Å². The maximum Gasteiger partial charge on any atom is 0.220 e. The normalized spacial score (nSPS) is 29.6. The molecule has 5 nitrogen and oxygen atoms in total. The predicted molar refractivity (Wildman–Crippen MR) is 80.1 cm³/mol. The van der Waals surface area contributed by atoms with Gasteiger partial charge >= 0.3 is 0 Å². The van der Waals surface area contributed by atoms with Crippen molar-refractivity contribution in [3.63, 3.8) is 0 Å². The summed E-state index contributed by atoms with van der Waals surface area (Å²) in [6.07, 6.45) is 6.18. The first kappa shape index (κ1) is 15.3. The van der Waals surface area contributed by atoms with Gasteiger partial charge in [0.1, 0.15) is 0 Å². The zero-order chi connectivity index (χ0) is 14.5. The highest BCUT2D eigenvalue weighted by Gasteiger charge is 2.27. The Bertz CT molecular complexity index is 330. The molecule has 0 aromatic heterocycles. The van der Waals surface area contributed by atoms with Crippen molar-refractivity contribution in [2.75, 3.05) is 39.5 Å². The van der Waals surface area contributed by atoms with E-state index in [4.69, 9.17) is 9.47 Å². The van der Waals surface area contributed by atoms with E-state index < -0.39 is 0 Å². The second-order valence-corrected chi connectivity index (χ2v) is 6.66. The number of rotatable bonds is 4. The Morgan fingerprint density at radius 3 is 2.38 bits per heavy atom. The standard InChI is InChI=1S/C16H28N2O3/c19-16(11-13-3-8-21-12-13)17-14-1-6-18(7-2-14)15-4-9-20-10-5-15/h13-15H,1-12H2,(H,17,19). The fraction of sp³-hybridized carbons (Fsp3) is 0.938. The third-order valence-corrected chi connectivity index (χ3v) is 5.10. The van der Waals surface area contributed by atoms with Crippen LogP contribution in [-0.2, 0) is 14.3 Å². The molecule has 3 rings (SSSR count). The predicted octanol–water partition coefficient (Wildman–Crippen LogP) is 1.17. The third kappa shape index (κ3) is 4.41. The minimum absolute atomic E-state index is 0.218. The topological polar surface area (TPSA) is 50.8 Å². The number of hydrogen-bond donors (Lipinski definition) is 1. The fourth-order valence-electron chi connectivity index (χ4n) is 3.75. The van der Waals surface area contributed by atoms with E-state index >= 15 is 0 Å². The fourth-order valence-corrected chi connectivity index (χ4v) is 3.75. The number of piperidine rings is 1. The maximum absolute atomic E-state index is 12.1. The Morgan fingerprint density at radius 2 is 1.71 bits per heavy atom. The van der Waals surface area contributed by atoms with E-state index in [1.807, 2.05) is 0 Å². The number of carbonyl (C=O) groups excluding carboxylic acids is 1. The van der Waals surface area contributed by atoms with E-state index in [1.165, 1.54) is 12.8 Å². The van der Waals surface area contributed by atoms with Crippen molar-refractivity contribution < 1.29 is 14.3 Å². The highest BCUT2D eigenvalue weighted by Crippen LogP contribution is 2.21. The van der Waals surface area contributed by atoms with E-state index in [0.29, 0.717) is 24.4 Å². The second-order valence-electron chi connectivity index (χ2n) is 6.66. The summed E-state index contributed by atoms with van der Waals surface area (Å²) in [6, 6.07) is 1.07. The number of nitrogens with one attached hydrogen (secondary N) is 1. The maximum atomic E-state index is 12.1. The highest BCUT2D eigenvalue weighted by atomic mass is 16.5. The van der Waals surface area contributed by atoms with Crippen LogP contribution >= 0.6 is 0 Å². The van der Waals surface area contributed by atoms with Crippen LogP contribution in [0.4, 0.5) is 0 Å². The number of hydrogen-bond acceptors (Lipinski definition) is 4. The van der Waals surface area contributed by atoms with Crippen LogP contribution in [0.5, 0.6) is 0 Å². The van der Waals surface area contributed by atoms with Gasteiger partial charge in [-0.1, -0.05) is 0 Å². The molecule has 120 valence electrons. The summed E-state index contributed by atoms with van der Waals surface area (Å²) in [7, 11) is 0. The molecule has 0 saturated carbocycles. The molecule has 3 fully saturated rings. The van der Waals surface area contributed by atoms with E-state index in [0.717, 1.165) is 58.8 Å². The number of amides is 1. The molecule has 1 atom stereocenters. The Balaban J connectivity index is 1.35. The smallest absolute Gasteiger partial charge is 0.220 e. The molecule has 0 bridgehead atoms. The molecule has 1 unspecified atom stereocenters.